The molecule has 5 nitrogen and oxygen atoms in total. The molecule has 0 saturated carbocycles. The van der Waals surface area contributed by atoms with E-state index < -0.39 is 0 Å². The lowest BCUT2D eigenvalue weighted by Gasteiger charge is -2.08. The first-order valence-corrected chi connectivity index (χ1v) is 6.88. The van der Waals surface area contributed by atoms with Crippen molar-refractivity contribution in [2.45, 2.75) is 12.3 Å². The molecule has 4 rings (SSSR count). The fourth-order valence-corrected chi connectivity index (χ4v) is 2.45. The van der Waals surface area contributed by atoms with Gasteiger partial charge in [-0.3, -0.25) is 5.10 Å². The summed E-state index contributed by atoms with van der Waals surface area (Å²) >= 11 is 0. The number of H-pyrrole nitrogens is 1. The summed E-state index contributed by atoms with van der Waals surface area (Å²) in [7, 11) is 0. The first kappa shape index (κ1) is 12.0. The summed E-state index contributed by atoms with van der Waals surface area (Å²) in [4.78, 5) is 4.29. The molecule has 5 heteroatoms. The number of rotatable bonds is 3. The smallest absolute Gasteiger partial charge is 0.299 e. The molecular formula is C16H14N4O. The number of aromatic amines is 1. The van der Waals surface area contributed by atoms with Crippen LogP contribution in [0, 0.1) is 0 Å². The lowest BCUT2D eigenvalue weighted by atomic mass is 9.99. The van der Waals surface area contributed by atoms with Crippen LogP contribution < -0.4 is 5.32 Å². The van der Waals surface area contributed by atoms with E-state index in [1.807, 2.05) is 30.4 Å². The zero-order valence-corrected chi connectivity index (χ0v) is 11.3. The van der Waals surface area contributed by atoms with Crippen LogP contribution in [0.2, 0.25) is 0 Å². The lowest BCUT2D eigenvalue weighted by molar-refractivity contribution is 0.501. The number of fused-ring (bicyclic) bond motifs is 1. The van der Waals surface area contributed by atoms with Crippen molar-refractivity contribution in [3.05, 3.63) is 60.7 Å². The monoisotopic (exact) mass is 278 g/mol. The molecule has 0 radical (unpaired) electrons. The van der Waals surface area contributed by atoms with Gasteiger partial charge >= 0.3 is 0 Å². The molecule has 2 aromatic heterocycles. The molecule has 3 aromatic rings. The maximum Gasteiger partial charge on any atom is 0.299 e. The highest BCUT2D eigenvalue weighted by Gasteiger charge is 2.14. The van der Waals surface area contributed by atoms with Crippen molar-refractivity contribution in [1.82, 2.24) is 15.2 Å². The standard InChI is InChI=1S/C16H14N4O/c1-2-4-11(5-3-1)15-10-17-16(21-15)19-13-7-6-12-9-18-20-14(12)8-13/h1-4,6-11H,5H2,(H,17,19)(H,18,20). The van der Waals surface area contributed by atoms with Crippen LogP contribution >= 0.6 is 0 Å². The van der Waals surface area contributed by atoms with Gasteiger partial charge in [-0.25, -0.2) is 4.98 Å². The number of hydrogen-bond donors (Lipinski definition) is 2. The van der Waals surface area contributed by atoms with Gasteiger partial charge in [0.1, 0.15) is 5.76 Å². The summed E-state index contributed by atoms with van der Waals surface area (Å²) in [6.07, 6.45) is 12.9. The number of aromatic nitrogens is 3. The summed E-state index contributed by atoms with van der Waals surface area (Å²) in [5.74, 6) is 1.15. The van der Waals surface area contributed by atoms with Crippen LogP contribution in [0.15, 0.2) is 59.3 Å². The molecule has 0 amide bonds. The molecule has 0 spiro atoms. The Labute approximate surface area is 121 Å². The van der Waals surface area contributed by atoms with Gasteiger partial charge < -0.3 is 9.73 Å². The van der Waals surface area contributed by atoms with Gasteiger partial charge in [0, 0.05) is 17.0 Å². The molecule has 1 aliphatic rings. The van der Waals surface area contributed by atoms with Gasteiger partial charge in [0.2, 0.25) is 0 Å². The largest absolute Gasteiger partial charge is 0.428 e. The SMILES string of the molecule is C1=CCC(c2cnc(Nc3ccc4cn[nH]c4c3)o2)C=C1. The Morgan fingerprint density at radius 1 is 1.24 bits per heavy atom. The van der Waals surface area contributed by atoms with Gasteiger partial charge in [-0.2, -0.15) is 5.10 Å². The summed E-state index contributed by atoms with van der Waals surface area (Å²) < 4.78 is 5.79. The van der Waals surface area contributed by atoms with Crippen LogP contribution in [-0.2, 0) is 0 Å². The maximum absolute atomic E-state index is 5.79. The average Bonchev–Trinajstić information content (AvgIpc) is 3.17. The first-order chi connectivity index (χ1) is 10.4. The van der Waals surface area contributed by atoms with E-state index in [2.05, 4.69) is 32.7 Å². The molecule has 1 aliphatic carbocycles. The third-order valence-corrected chi connectivity index (χ3v) is 3.56. The maximum atomic E-state index is 5.79. The van der Waals surface area contributed by atoms with E-state index >= 15 is 0 Å². The average molecular weight is 278 g/mol. The predicted molar refractivity (Wildman–Crippen MR) is 81.5 cm³/mol. The highest BCUT2D eigenvalue weighted by molar-refractivity contribution is 5.82. The number of benzene rings is 1. The Balaban J connectivity index is 1.55. The number of nitrogens with zero attached hydrogens (tertiary/aromatic N) is 2. The Bertz CT molecular complexity index is 828. The molecule has 0 aliphatic heterocycles. The van der Waals surface area contributed by atoms with Crippen LogP contribution in [0.3, 0.4) is 0 Å². The number of allylic oxidation sites excluding steroid dienone is 4. The summed E-state index contributed by atoms with van der Waals surface area (Å²) in [5, 5.41) is 11.2. The van der Waals surface area contributed by atoms with Crippen molar-refractivity contribution >= 4 is 22.6 Å². The minimum atomic E-state index is 0.271. The Kier molecular flexibility index (Phi) is 2.81. The van der Waals surface area contributed by atoms with Crippen LogP contribution in [0.1, 0.15) is 18.1 Å². The quantitative estimate of drug-likeness (QED) is 0.762. The molecule has 21 heavy (non-hydrogen) atoms. The molecule has 0 saturated heterocycles. The van der Waals surface area contributed by atoms with Crippen LogP contribution in [0.5, 0.6) is 0 Å². The van der Waals surface area contributed by atoms with Crippen molar-refractivity contribution in [3.8, 4) is 0 Å². The second kappa shape index (κ2) is 4.94. The van der Waals surface area contributed by atoms with Gasteiger partial charge in [-0.1, -0.05) is 24.3 Å². The van der Waals surface area contributed by atoms with Crippen LogP contribution in [-0.4, -0.2) is 15.2 Å². The molecule has 1 atom stereocenters. The molecular weight excluding hydrogens is 264 g/mol. The summed E-state index contributed by atoms with van der Waals surface area (Å²) in [6, 6.07) is 6.46. The van der Waals surface area contributed by atoms with Crippen molar-refractivity contribution in [2.24, 2.45) is 0 Å². The molecule has 1 unspecified atom stereocenters. The fraction of sp³-hybridized carbons (Fsp3) is 0.125. The van der Waals surface area contributed by atoms with Crippen molar-refractivity contribution in [3.63, 3.8) is 0 Å². The number of anilines is 2. The minimum absolute atomic E-state index is 0.271. The Hall–Kier alpha value is -2.82. The van der Waals surface area contributed by atoms with Crippen molar-refractivity contribution in [2.75, 3.05) is 5.32 Å². The van der Waals surface area contributed by atoms with Gasteiger partial charge in [0.15, 0.2) is 0 Å². The normalized spacial score (nSPS) is 17.4. The number of hydrogen-bond acceptors (Lipinski definition) is 4. The lowest BCUT2D eigenvalue weighted by Crippen LogP contribution is -1.94. The van der Waals surface area contributed by atoms with Crippen molar-refractivity contribution in [1.29, 1.82) is 0 Å². The molecule has 0 fully saturated rings. The summed E-state index contributed by atoms with van der Waals surface area (Å²) in [5.41, 5.74) is 1.89. The second-order valence-electron chi connectivity index (χ2n) is 5.02. The van der Waals surface area contributed by atoms with E-state index in [4.69, 9.17) is 4.42 Å². The second-order valence-corrected chi connectivity index (χ2v) is 5.02. The van der Waals surface area contributed by atoms with Gasteiger partial charge in [0.25, 0.3) is 6.01 Å². The zero-order valence-electron chi connectivity index (χ0n) is 11.3. The highest BCUT2D eigenvalue weighted by atomic mass is 16.4. The predicted octanol–water partition coefficient (Wildman–Crippen LogP) is 3.89. The van der Waals surface area contributed by atoms with Crippen LogP contribution in [0.25, 0.3) is 10.9 Å². The first-order valence-electron chi connectivity index (χ1n) is 6.88. The zero-order chi connectivity index (χ0) is 14.1. The molecule has 0 bridgehead atoms. The molecule has 2 heterocycles. The van der Waals surface area contributed by atoms with Gasteiger partial charge in [0.05, 0.1) is 17.9 Å². The van der Waals surface area contributed by atoms with E-state index in [0.29, 0.717) is 6.01 Å². The third kappa shape index (κ3) is 2.33. The van der Waals surface area contributed by atoms with E-state index in [9.17, 15) is 0 Å². The van der Waals surface area contributed by atoms with Crippen LogP contribution in [0.4, 0.5) is 11.7 Å². The molecule has 104 valence electrons. The third-order valence-electron chi connectivity index (χ3n) is 3.56. The van der Waals surface area contributed by atoms with E-state index in [0.717, 1.165) is 28.8 Å². The minimum Gasteiger partial charge on any atom is -0.428 e. The Morgan fingerprint density at radius 3 is 3.14 bits per heavy atom. The topological polar surface area (TPSA) is 66.7 Å². The number of oxazole rings is 1. The van der Waals surface area contributed by atoms with Crippen molar-refractivity contribution < 1.29 is 4.42 Å². The fourth-order valence-electron chi connectivity index (χ4n) is 2.45. The van der Waals surface area contributed by atoms with Gasteiger partial charge in [-0.15, -0.1) is 0 Å². The summed E-state index contributed by atoms with van der Waals surface area (Å²) in [6.45, 7) is 0. The van der Waals surface area contributed by atoms with Gasteiger partial charge in [-0.05, 0) is 24.6 Å². The molecule has 1 aromatic carbocycles. The van der Waals surface area contributed by atoms with E-state index in [1.165, 1.54) is 0 Å². The number of nitrogens with one attached hydrogen (secondary N) is 2. The molecule has 2 N–H and O–H groups in total. The Morgan fingerprint density at radius 2 is 2.24 bits per heavy atom. The highest BCUT2D eigenvalue weighted by Crippen LogP contribution is 2.28. The van der Waals surface area contributed by atoms with E-state index in [1.54, 1.807) is 12.4 Å². The van der Waals surface area contributed by atoms with E-state index in [-0.39, 0.29) is 5.92 Å².